The summed E-state index contributed by atoms with van der Waals surface area (Å²) in [6, 6.07) is 14.6. The number of hydrogen-bond acceptors (Lipinski definition) is 2. The van der Waals surface area contributed by atoms with E-state index in [2.05, 4.69) is 18.0 Å². The maximum absolute atomic E-state index is 13.9. The largest absolute Gasteiger partial charge is 0.489 e. The molecule has 1 aromatic heterocycles. The third kappa shape index (κ3) is 3.39. The molecule has 0 saturated carbocycles. The topological polar surface area (TPSA) is 22.1 Å². The quantitative estimate of drug-likeness (QED) is 0.670. The Morgan fingerprint density at radius 1 is 1.00 bits per heavy atom. The molecule has 0 aliphatic heterocycles. The van der Waals surface area contributed by atoms with Crippen LogP contribution in [0.5, 0.6) is 5.75 Å². The van der Waals surface area contributed by atoms with E-state index in [0.717, 1.165) is 22.4 Å². The van der Waals surface area contributed by atoms with E-state index < -0.39 is 0 Å². The Morgan fingerprint density at radius 2 is 1.83 bits per heavy atom. The molecule has 2 aromatic carbocycles. The lowest BCUT2D eigenvalue weighted by molar-refractivity contribution is 0.303. The summed E-state index contributed by atoms with van der Waals surface area (Å²) < 4.78 is 19.8. The lowest BCUT2D eigenvalue weighted by Crippen LogP contribution is -1.99. The van der Waals surface area contributed by atoms with Crippen LogP contribution in [0.25, 0.3) is 11.1 Å². The van der Waals surface area contributed by atoms with E-state index in [9.17, 15) is 4.39 Å². The number of aryl methyl sites for hydroxylation is 1. The van der Waals surface area contributed by atoms with Gasteiger partial charge >= 0.3 is 0 Å². The maximum Gasteiger partial charge on any atom is 0.131 e. The SMILES string of the molecule is Cc1cccc(OCc2cncc(-c3ccccc3F)c2)c1C. The number of halogens is 1. The molecular weight excluding hydrogens is 289 g/mol. The summed E-state index contributed by atoms with van der Waals surface area (Å²) in [4.78, 5) is 4.21. The van der Waals surface area contributed by atoms with Crippen molar-refractivity contribution in [3.63, 3.8) is 0 Å². The fourth-order valence-electron chi connectivity index (χ4n) is 2.45. The third-order valence-corrected chi connectivity index (χ3v) is 3.93. The van der Waals surface area contributed by atoms with Crippen molar-refractivity contribution in [2.75, 3.05) is 0 Å². The summed E-state index contributed by atoms with van der Waals surface area (Å²) in [7, 11) is 0. The minimum atomic E-state index is -0.248. The Morgan fingerprint density at radius 3 is 2.65 bits per heavy atom. The molecule has 2 nitrogen and oxygen atoms in total. The molecule has 0 amide bonds. The van der Waals surface area contributed by atoms with Crippen molar-refractivity contribution >= 4 is 0 Å². The molecule has 0 aliphatic rings. The predicted octanol–water partition coefficient (Wildman–Crippen LogP) is 5.08. The zero-order valence-electron chi connectivity index (χ0n) is 13.2. The number of hydrogen-bond donors (Lipinski definition) is 0. The smallest absolute Gasteiger partial charge is 0.131 e. The second-order valence-electron chi connectivity index (χ2n) is 5.55. The average molecular weight is 307 g/mol. The summed E-state index contributed by atoms with van der Waals surface area (Å²) >= 11 is 0. The minimum Gasteiger partial charge on any atom is -0.489 e. The van der Waals surface area contributed by atoms with Gasteiger partial charge in [-0.05, 0) is 43.2 Å². The molecule has 0 radical (unpaired) electrons. The van der Waals surface area contributed by atoms with Gasteiger partial charge in [0.2, 0.25) is 0 Å². The predicted molar refractivity (Wildman–Crippen MR) is 89.9 cm³/mol. The first-order valence-electron chi connectivity index (χ1n) is 7.53. The number of benzene rings is 2. The van der Waals surface area contributed by atoms with Crippen LogP contribution < -0.4 is 4.74 Å². The van der Waals surface area contributed by atoms with Gasteiger partial charge in [0.1, 0.15) is 18.2 Å². The van der Waals surface area contributed by atoms with Gasteiger partial charge < -0.3 is 4.74 Å². The fraction of sp³-hybridized carbons (Fsp3) is 0.150. The van der Waals surface area contributed by atoms with E-state index in [1.807, 2.05) is 31.2 Å². The Balaban J connectivity index is 1.81. The Hall–Kier alpha value is -2.68. The highest BCUT2D eigenvalue weighted by atomic mass is 19.1. The summed E-state index contributed by atoms with van der Waals surface area (Å²) in [5.41, 5.74) is 4.54. The first-order chi connectivity index (χ1) is 11.1. The summed E-state index contributed by atoms with van der Waals surface area (Å²) in [5, 5.41) is 0. The molecule has 0 saturated heterocycles. The Bertz CT molecular complexity index is 829. The van der Waals surface area contributed by atoms with E-state index >= 15 is 0 Å². The molecule has 0 bridgehead atoms. The molecule has 3 aromatic rings. The minimum absolute atomic E-state index is 0.248. The van der Waals surface area contributed by atoms with Crippen LogP contribution in [0.1, 0.15) is 16.7 Å². The zero-order chi connectivity index (χ0) is 16.2. The standard InChI is InChI=1S/C20H18FNO/c1-14-6-5-9-20(15(14)2)23-13-16-10-17(12-22-11-16)18-7-3-4-8-19(18)21/h3-12H,13H2,1-2H3. The molecule has 23 heavy (non-hydrogen) atoms. The monoisotopic (exact) mass is 307 g/mol. The van der Waals surface area contributed by atoms with Crippen LogP contribution >= 0.6 is 0 Å². The van der Waals surface area contributed by atoms with Gasteiger partial charge in [0, 0.05) is 29.1 Å². The Labute approximate surface area is 135 Å². The van der Waals surface area contributed by atoms with Gasteiger partial charge in [0.25, 0.3) is 0 Å². The molecule has 3 heteroatoms. The van der Waals surface area contributed by atoms with E-state index in [4.69, 9.17) is 4.74 Å². The van der Waals surface area contributed by atoms with Gasteiger partial charge in [-0.2, -0.15) is 0 Å². The number of aromatic nitrogens is 1. The van der Waals surface area contributed by atoms with Gasteiger partial charge in [0.15, 0.2) is 0 Å². The van der Waals surface area contributed by atoms with Gasteiger partial charge in [-0.25, -0.2) is 4.39 Å². The van der Waals surface area contributed by atoms with Gasteiger partial charge in [-0.1, -0.05) is 30.3 Å². The van der Waals surface area contributed by atoms with Crippen LogP contribution in [-0.2, 0) is 6.61 Å². The van der Waals surface area contributed by atoms with Crippen molar-refractivity contribution in [3.8, 4) is 16.9 Å². The average Bonchev–Trinajstić information content (AvgIpc) is 2.57. The maximum atomic E-state index is 13.9. The van der Waals surface area contributed by atoms with Crippen LogP contribution in [0, 0.1) is 19.7 Å². The van der Waals surface area contributed by atoms with E-state index in [-0.39, 0.29) is 5.82 Å². The van der Waals surface area contributed by atoms with Crippen LogP contribution in [0.4, 0.5) is 4.39 Å². The summed E-state index contributed by atoms with van der Waals surface area (Å²) in [6.07, 6.45) is 3.41. The van der Waals surface area contributed by atoms with Crippen molar-refractivity contribution in [3.05, 3.63) is 83.4 Å². The lowest BCUT2D eigenvalue weighted by Gasteiger charge is -2.11. The van der Waals surface area contributed by atoms with Crippen LogP contribution in [0.15, 0.2) is 60.9 Å². The van der Waals surface area contributed by atoms with Gasteiger partial charge in [-0.3, -0.25) is 4.98 Å². The second kappa shape index (κ2) is 6.61. The van der Waals surface area contributed by atoms with Gasteiger partial charge in [-0.15, -0.1) is 0 Å². The molecular formula is C20H18FNO. The number of nitrogens with zero attached hydrogens (tertiary/aromatic N) is 1. The summed E-state index contributed by atoms with van der Waals surface area (Å²) in [5.74, 6) is 0.614. The molecule has 1 heterocycles. The van der Waals surface area contributed by atoms with Crippen LogP contribution in [0.3, 0.4) is 0 Å². The van der Waals surface area contributed by atoms with Crippen molar-refractivity contribution in [2.24, 2.45) is 0 Å². The Kier molecular flexibility index (Phi) is 4.38. The molecule has 0 aliphatic carbocycles. The van der Waals surface area contributed by atoms with Crippen molar-refractivity contribution in [1.82, 2.24) is 4.98 Å². The highest BCUT2D eigenvalue weighted by Gasteiger charge is 2.07. The van der Waals surface area contributed by atoms with Crippen LogP contribution in [0.2, 0.25) is 0 Å². The number of rotatable bonds is 4. The highest BCUT2D eigenvalue weighted by molar-refractivity contribution is 5.63. The third-order valence-electron chi connectivity index (χ3n) is 3.93. The zero-order valence-corrected chi connectivity index (χ0v) is 13.2. The van der Waals surface area contributed by atoms with E-state index in [1.165, 1.54) is 11.6 Å². The lowest BCUT2D eigenvalue weighted by atomic mass is 10.1. The van der Waals surface area contributed by atoms with Crippen molar-refractivity contribution < 1.29 is 9.13 Å². The highest BCUT2D eigenvalue weighted by Crippen LogP contribution is 2.24. The fourth-order valence-corrected chi connectivity index (χ4v) is 2.45. The molecule has 0 atom stereocenters. The van der Waals surface area contributed by atoms with Gasteiger partial charge in [0.05, 0.1) is 0 Å². The van der Waals surface area contributed by atoms with E-state index in [1.54, 1.807) is 24.5 Å². The molecule has 0 N–H and O–H groups in total. The molecule has 0 fully saturated rings. The van der Waals surface area contributed by atoms with Crippen LogP contribution in [-0.4, -0.2) is 4.98 Å². The molecule has 0 unspecified atom stereocenters. The molecule has 0 spiro atoms. The number of pyridine rings is 1. The first-order valence-corrected chi connectivity index (χ1v) is 7.53. The van der Waals surface area contributed by atoms with E-state index in [0.29, 0.717) is 12.2 Å². The number of ether oxygens (including phenoxy) is 1. The van der Waals surface area contributed by atoms with Crippen molar-refractivity contribution in [2.45, 2.75) is 20.5 Å². The molecule has 116 valence electrons. The normalized spacial score (nSPS) is 10.6. The van der Waals surface area contributed by atoms with Crippen molar-refractivity contribution in [1.29, 1.82) is 0 Å². The summed E-state index contributed by atoms with van der Waals surface area (Å²) in [6.45, 7) is 4.50. The first kappa shape index (κ1) is 15.2. The second-order valence-corrected chi connectivity index (χ2v) is 5.55. The molecule has 3 rings (SSSR count).